The number of piperidine rings is 1. The Morgan fingerprint density at radius 3 is 2.30 bits per heavy atom. The predicted octanol–water partition coefficient (Wildman–Crippen LogP) is 1.86. The fraction of sp³-hybridized carbons (Fsp3) is 0.857. The number of ether oxygens (including phenoxy) is 1. The van der Waals surface area contributed by atoms with E-state index in [-0.39, 0.29) is 35.9 Å². The zero-order chi connectivity index (χ0) is 14.0. The maximum absolute atomic E-state index is 11.5. The Balaban J connectivity index is 0.00000200. The lowest BCUT2D eigenvalue weighted by molar-refractivity contribution is -0.146. The van der Waals surface area contributed by atoms with E-state index < -0.39 is 0 Å². The number of hydrogen-bond acceptors (Lipinski definition) is 3. The maximum atomic E-state index is 11.5. The molecule has 1 saturated carbocycles. The van der Waals surface area contributed by atoms with Crippen LogP contribution in [0.2, 0.25) is 0 Å². The minimum atomic E-state index is -0.0778. The van der Waals surface area contributed by atoms with E-state index in [1.807, 2.05) is 7.05 Å². The topological polar surface area (TPSA) is 53.9 Å². The van der Waals surface area contributed by atoms with E-state index in [1.165, 1.54) is 13.5 Å². The van der Waals surface area contributed by atoms with Crippen LogP contribution in [-0.4, -0.2) is 50.1 Å². The number of carbonyl (C=O) groups is 1. The van der Waals surface area contributed by atoms with Crippen LogP contribution >= 0.6 is 24.0 Å². The van der Waals surface area contributed by atoms with Crippen molar-refractivity contribution in [3.05, 3.63) is 0 Å². The van der Waals surface area contributed by atoms with Crippen molar-refractivity contribution in [2.75, 3.05) is 27.2 Å². The van der Waals surface area contributed by atoms with Crippen molar-refractivity contribution < 1.29 is 9.53 Å². The number of likely N-dealkylation sites (tertiary alicyclic amines) is 1. The van der Waals surface area contributed by atoms with Crippen molar-refractivity contribution in [2.45, 2.75) is 39.2 Å². The molecule has 0 aromatic carbocycles. The number of halogens is 1. The first-order valence-corrected chi connectivity index (χ1v) is 7.04. The molecule has 20 heavy (non-hydrogen) atoms. The summed E-state index contributed by atoms with van der Waals surface area (Å²) in [4.78, 5) is 18.1. The van der Waals surface area contributed by atoms with Gasteiger partial charge in [0.1, 0.15) is 0 Å². The smallest absolute Gasteiger partial charge is 0.308 e. The van der Waals surface area contributed by atoms with Gasteiger partial charge in [-0.15, -0.1) is 24.0 Å². The van der Waals surface area contributed by atoms with E-state index in [0.717, 1.165) is 31.9 Å². The summed E-state index contributed by atoms with van der Waals surface area (Å²) in [7, 11) is 3.29. The van der Waals surface area contributed by atoms with Gasteiger partial charge in [0.2, 0.25) is 0 Å². The van der Waals surface area contributed by atoms with Crippen LogP contribution in [0.4, 0.5) is 0 Å². The lowest BCUT2D eigenvalue weighted by Crippen LogP contribution is -2.47. The molecule has 0 aromatic heterocycles. The van der Waals surface area contributed by atoms with Crippen LogP contribution in [0.25, 0.3) is 0 Å². The second-order valence-electron chi connectivity index (χ2n) is 6.22. The first-order chi connectivity index (χ1) is 8.97. The van der Waals surface area contributed by atoms with E-state index in [9.17, 15) is 4.79 Å². The highest BCUT2D eigenvalue weighted by molar-refractivity contribution is 14.0. The Morgan fingerprint density at radius 2 is 1.90 bits per heavy atom. The molecule has 1 heterocycles. The molecule has 0 aromatic rings. The minimum Gasteiger partial charge on any atom is -0.469 e. The van der Waals surface area contributed by atoms with E-state index in [1.54, 1.807) is 0 Å². The van der Waals surface area contributed by atoms with Gasteiger partial charge in [0.05, 0.1) is 13.0 Å². The highest BCUT2D eigenvalue weighted by Gasteiger charge is 2.46. The van der Waals surface area contributed by atoms with Crippen LogP contribution in [0, 0.1) is 11.3 Å². The van der Waals surface area contributed by atoms with Crippen LogP contribution in [-0.2, 0) is 9.53 Å². The number of hydrogen-bond donors (Lipinski definition) is 1. The molecule has 1 saturated heterocycles. The Hall–Kier alpha value is -0.530. The molecule has 1 aliphatic heterocycles. The number of methoxy groups -OCH3 is 1. The predicted molar refractivity (Wildman–Crippen MR) is 90.4 cm³/mol. The largest absolute Gasteiger partial charge is 0.469 e. The second kappa shape index (κ2) is 6.95. The van der Waals surface area contributed by atoms with Crippen molar-refractivity contribution in [2.24, 2.45) is 16.3 Å². The number of aliphatic imine (C=N–C) groups is 1. The van der Waals surface area contributed by atoms with Crippen LogP contribution < -0.4 is 5.32 Å². The minimum absolute atomic E-state index is 0. The van der Waals surface area contributed by atoms with Gasteiger partial charge in [-0.05, 0) is 24.7 Å². The van der Waals surface area contributed by atoms with E-state index in [4.69, 9.17) is 4.74 Å². The number of nitrogens with one attached hydrogen (secondary N) is 1. The molecule has 2 rings (SSSR count). The summed E-state index contributed by atoms with van der Waals surface area (Å²) >= 11 is 0. The summed E-state index contributed by atoms with van der Waals surface area (Å²) in [5.41, 5.74) is 0.389. The highest BCUT2D eigenvalue weighted by atomic mass is 127. The number of rotatable bonds is 2. The molecule has 5 nitrogen and oxygen atoms in total. The number of carbonyl (C=O) groups excluding carboxylic acids is 1. The molecule has 116 valence electrons. The lowest BCUT2D eigenvalue weighted by Gasteiger charge is -2.33. The normalized spacial score (nSPS) is 25.7. The average Bonchev–Trinajstić information content (AvgIpc) is 3.02. The first kappa shape index (κ1) is 17.5. The molecule has 0 bridgehead atoms. The van der Waals surface area contributed by atoms with Gasteiger partial charge >= 0.3 is 5.97 Å². The highest BCUT2D eigenvalue weighted by Crippen LogP contribution is 2.44. The number of esters is 1. The molecule has 0 spiro atoms. The van der Waals surface area contributed by atoms with Gasteiger partial charge in [0.15, 0.2) is 5.96 Å². The molecular formula is C14H26IN3O2. The van der Waals surface area contributed by atoms with Gasteiger partial charge in [-0.2, -0.15) is 0 Å². The van der Waals surface area contributed by atoms with Crippen molar-refractivity contribution in [3.8, 4) is 0 Å². The average molecular weight is 395 g/mol. The molecule has 0 radical (unpaired) electrons. The summed E-state index contributed by atoms with van der Waals surface area (Å²) in [6.45, 7) is 6.27. The quantitative estimate of drug-likeness (QED) is 0.336. The summed E-state index contributed by atoms with van der Waals surface area (Å²) in [6.07, 6.45) is 2.90. The second-order valence-corrected chi connectivity index (χ2v) is 6.22. The number of guanidine groups is 1. The Bertz CT molecular complexity index is 377. The molecule has 1 N–H and O–H groups in total. The number of nitrogens with zero attached hydrogens (tertiary/aromatic N) is 2. The van der Waals surface area contributed by atoms with Crippen LogP contribution in [0.1, 0.15) is 33.1 Å². The Morgan fingerprint density at radius 1 is 1.35 bits per heavy atom. The van der Waals surface area contributed by atoms with Gasteiger partial charge in [-0.25, -0.2) is 0 Å². The summed E-state index contributed by atoms with van der Waals surface area (Å²) in [5, 5.41) is 3.52. The SMILES string of the molecule is CN=C(NC1CC1(C)C)N1CCC(C(=O)OC)CC1.I. The molecule has 6 heteroatoms. The third-order valence-corrected chi connectivity index (χ3v) is 4.36. The van der Waals surface area contributed by atoms with Crippen LogP contribution in [0.3, 0.4) is 0 Å². The van der Waals surface area contributed by atoms with Gasteiger partial charge in [0.25, 0.3) is 0 Å². The van der Waals surface area contributed by atoms with E-state index in [0.29, 0.717) is 11.5 Å². The third kappa shape index (κ3) is 3.99. The van der Waals surface area contributed by atoms with Crippen LogP contribution in [0.5, 0.6) is 0 Å². The molecular weight excluding hydrogens is 369 g/mol. The third-order valence-electron chi connectivity index (χ3n) is 4.36. The summed E-state index contributed by atoms with van der Waals surface area (Å²) < 4.78 is 4.81. The monoisotopic (exact) mass is 395 g/mol. The fourth-order valence-electron chi connectivity index (χ4n) is 2.66. The fourth-order valence-corrected chi connectivity index (χ4v) is 2.66. The van der Waals surface area contributed by atoms with Gasteiger partial charge in [-0.1, -0.05) is 13.8 Å². The van der Waals surface area contributed by atoms with Crippen molar-refractivity contribution in [1.29, 1.82) is 0 Å². The van der Waals surface area contributed by atoms with Crippen LogP contribution in [0.15, 0.2) is 4.99 Å². The zero-order valence-corrected chi connectivity index (χ0v) is 15.1. The summed E-state index contributed by atoms with van der Waals surface area (Å²) in [5.74, 6) is 0.946. The molecule has 1 atom stereocenters. The maximum Gasteiger partial charge on any atom is 0.308 e. The molecule has 1 aliphatic carbocycles. The van der Waals surface area contributed by atoms with Gasteiger partial charge in [-0.3, -0.25) is 9.79 Å². The Kier molecular flexibility index (Phi) is 6.09. The van der Waals surface area contributed by atoms with Crippen molar-refractivity contribution in [3.63, 3.8) is 0 Å². The van der Waals surface area contributed by atoms with Gasteiger partial charge < -0.3 is 15.0 Å². The molecule has 2 fully saturated rings. The van der Waals surface area contributed by atoms with E-state index in [2.05, 4.69) is 29.1 Å². The molecule has 0 amide bonds. The summed E-state index contributed by atoms with van der Waals surface area (Å²) in [6, 6.07) is 0.532. The van der Waals surface area contributed by atoms with Crippen molar-refractivity contribution >= 4 is 35.9 Å². The molecule has 1 unspecified atom stereocenters. The Labute approximate surface area is 138 Å². The van der Waals surface area contributed by atoms with Gasteiger partial charge in [0, 0.05) is 26.2 Å². The zero-order valence-electron chi connectivity index (χ0n) is 12.8. The first-order valence-electron chi connectivity index (χ1n) is 7.04. The molecule has 2 aliphatic rings. The van der Waals surface area contributed by atoms with E-state index >= 15 is 0 Å². The standard InChI is InChI=1S/C14H25N3O2.HI/c1-14(2)9-11(14)16-13(15-3)17-7-5-10(6-8-17)12(18)19-4;/h10-11H,5-9H2,1-4H3,(H,15,16);1H. The van der Waals surface area contributed by atoms with Crippen molar-refractivity contribution in [1.82, 2.24) is 10.2 Å². The lowest BCUT2D eigenvalue weighted by atomic mass is 9.97.